The highest BCUT2D eigenvalue weighted by Crippen LogP contribution is 2.30. The molecular weight excluding hydrogens is 436 g/mol. The van der Waals surface area contributed by atoms with Crippen LogP contribution in [0.4, 0.5) is 0 Å². The lowest BCUT2D eigenvalue weighted by molar-refractivity contribution is -0.120. The largest absolute Gasteiger partial charge is 0.493 e. The van der Waals surface area contributed by atoms with Gasteiger partial charge in [-0.3, -0.25) is 9.59 Å². The molecule has 0 aliphatic heterocycles. The Morgan fingerprint density at radius 1 is 1.07 bits per heavy atom. The number of halogens is 1. The van der Waals surface area contributed by atoms with Crippen molar-refractivity contribution >= 4 is 27.7 Å². The van der Waals surface area contributed by atoms with E-state index in [4.69, 9.17) is 9.47 Å². The summed E-state index contributed by atoms with van der Waals surface area (Å²) in [5.74, 6) is 1.11. The van der Waals surface area contributed by atoms with Gasteiger partial charge in [-0.15, -0.1) is 0 Å². The lowest BCUT2D eigenvalue weighted by Crippen LogP contribution is -2.38. The van der Waals surface area contributed by atoms with Crippen LogP contribution in [-0.4, -0.2) is 32.1 Å². The molecular formula is C22H27BrN2O4. The summed E-state index contributed by atoms with van der Waals surface area (Å²) in [5, 5.41) is 5.50. The third-order valence-electron chi connectivity index (χ3n) is 4.13. The Morgan fingerprint density at radius 2 is 1.83 bits per heavy atom. The van der Waals surface area contributed by atoms with E-state index in [9.17, 15) is 9.59 Å². The molecule has 2 aromatic rings. The fourth-order valence-corrected chi connectivity index (χ4v) is 3.00. The SMILES string of the molecule is COc1cc(C(C)NC(=O)CNC(=O)c2cccc(Br)c2)ccc1OCC(C)C. The number of rotatable bonds is 9. The standard InChI is InChI=1S/C22H27BrN2O4/c1-14(2)13-29-19-9-8-16(11-20(19)28-4)15(3)25-21(26)12-24-22(27)17-6-5-7-18(23)10-17/h5-11,14-15H,12-13H2,1-4H3,(H,24,27)(H,25,26). The Bertz CT molecular complexity index is 854. The van der Waals surface area contributed by atoms with Crippen LogP contribution in [0.5, 0.6) is 11.5 Å². The summed E-state index contributed by atoms with van der Waals surface area (Å²) in [6.45, 7) is 6.52. The summed E-state index contributed by atoms with van der Waals surface area (Å²) in [7, 11) is 1.59. The number of benzene rings is 2. The van der Waals surface area contributed by atoms with Crippen LogP contribution in [0, 0.1) is 5.92 Å². The highest BCUT2D eigenvalue weighted by Gasteiger charge is 2.14. The Kier molecular flexibility index (Phi) is 8.51. The second-order valence-corrected chi connectivity index (χ2v) is 8.01. The van der Waals surface area contributed by atoms with Crippen LogP contribution in [0.25, 0.3) is 0 Å². The monoisotopic (exact) mass is 462 g/mol. The number of hydrogen-bond acceptors (Lipinski definition) is 4. The van der Waals surface area contributed by atoms with Crippen molar-refractivity contribution in [2.75, 3.05) is 20.3 Å². The molecule has 0 radical (unpaired) electrons. The first-order valence-corrected chi connectivity index (χ1v) is 10.2. The summed E-state index contributed by atoms with van der Waals surface area (Å²) in [6, 6.07) is 12.3. The van der Waals surface area contributed by atoms with Gasteiger partial charge in [0.05, 0.1) is 26.3 Å². The molecule has 0 saturated carbocycles. The van der Waals surface area contributed by atoms with Crippen LogP contribution in [0.15, 0.2) is 46.9 Å². The topological polar surface area (TPSA) is 76.7 Å². The van der Waals surface area contributed by atoms with Crippen molar-refractivity contribution in [2.45, 2.75) is 26.8 Å². The lowest BCUT2D eigenvalue weighted by atomic mass is 10.1. The van der Waals surface area contributed by atoms with Gasteiger partial charge in [-0.05, 0) is 48.7 Å². The van der Waals surface area contributed by atoms with Crippen molar-refractivity contribution in [2.24, 2.45) is 5.92 Å². The highest BCUT2D eigenvalue weighted by atomic mass is 79.9. The third kappa shape index (κ3) is 7.09. The van der Waals surface area contributed by atoms with E-state index >= 15 is 0 Å². The molecule has 1 atom stereocenters. The minimum atomic E-state index is -0.303. The minimum absolute atomic E-state index is 0.109. The van der Waals surface area contributed by atoms with Crippen LogP contribution in [-0.2, 0) is 4.79 Å². The molecule has 1 unspecified atom stereocenters. The average Bonchev–Trinajstić information content (AvgIpc) is 2.70. The second-order valence-electron chi connectivity index (χ2n) is 7.10. The number of amides is 2. The van der Waals surface area contributed by atoms with E-state index in [1.807, 2.05) is 31.2 Å². The Labute approximate surface area is 180 Å². The van der Waals surface area contributed by atoms with Gasteiger partial charge in [0.25, 0.3) is 5.91 Å². The van der Waals surface area contributed by atoms with E-state index in [1.54, 1.807) is 25.3 Å². The summed E-state index contributed by atoms with van der Waals surface area (Å²) in [6.07, 6.45) is 0. The summed E-state index contributed by atoms with van der Waals surface area (Å²) in [4.78, 5) is 24.4. The highest BCUT2D eigenvalue weighted by molar-refractivity contribution is 9.10. The maximum absolute atomic E-state index is 12.2. The maximum Gasteiger partial charge on any atom is 0.251 e. The van der Waals surface area contributed by atoms with Gasteiger partial charge in [0, 0.05) is 10.0 Å². The smallest absolute Gasteiger partial charge is 0.251 e. The second kappa shape index (κ2) is 10.9. The predicted octanol–water partition coefficient (Wildman–Crippen LogP) is 4.10. The molecule has 156 valence electrons. The fourth-order valence-electron chi connectivity index (χ4n) is 2.60. The molecule has 2 rings (SSSR count). The van der Waals surface area contributed by atoms with Crippen LogP contribution in [0.1, 0.15) is 42.7 Å². The Morgan fingerprint density at radius 3 is 2.48 bits per heavy atom. The van der Waals surface area contributed by atoms with Crippen LogP contribution in [0.3, 0.4) is 0 Å². The number of carbonyl (C=O) groups is 2. The van der Waals surface area contributed by atoms with Gasteiger partial charge in [0.1, 0.15) is 0 Å². The van der Waals surface area contributed by atoms with Gasteiger partial charge in [-0.1, -0.05) is 41.9 Å². The van der Waals surface area contributed by atoms with Gasteiger partial charge in [-0.25, -0.2) is 0 Å². The molecule has 0 heterocycles. The molecule has 7 heteroatoms. The first kappa shape index (κ1) is 22.7. The molecule has 6 nitrogen and oxygen atoms in total. The normalized spacial score (nSPS) is 11.7. The van der Waals surface area contributed by atoms with Crippen LogP contribution >= 0.6 is 15.9 Å². The zero-order valence-corrected chi connectivity index (χ0v) is 18.7. The zero-order valence-electron chi connectivity index (χ0n) is 17.1. The zero-order chi connectivity index (χ0) is 21.4. The summed E-state index contributed by atoms with van der Waals surface area (Å²) >= 11 is 3.32. The van der Waals surface area contributed by atoms with E-state index in [2.05, 4.69) is 40.4 Å². The lowest BCUT2D eigenvalue weighted by Gasteiger charge is -2.18. The maximum atomic E-state index is 12.2. The van der Waals surface area contributed by atoms with E-state index in [1.165, 1.54) is 0 Å². The van der Waals surface area contributed by atoms with Crippen molar-refractivity contribution in [3.05, 3.63) is 58.1 Å². The predicted molar refractivity (Wildman–Crippen MR) is 116 cm³/mol. The van der Waals surface area contributed by atoms with Crippen molar-refractivity contribution in [1.82, 2.24) is 10.6 Å². The van der Waals surface area contributed by atoms with E-state index < -0.39 is 0 Å². The van der Waals surface area contributed by atoms with Gasteiger partial charge in [0.2, 0.25) is 5.91 Å². The minimum Gasteiger partial charge on any atom is -0.493 e. The molecule has 0 fully saturated rings. The quantitative estimate of drug-likeness (QED) is 0.587. The molecule has 0 spiro atoms. The van der Waals surface area contributed by atoms with Gasteiger partial charge < -0.3 is 20.1 Å². The molecule has 2 aromatic carbocycles. The van der Waals surface area contributed by atoms with Crippen molar-refractivity contribution in [3.8, 4) is 11.5 Å². The molecule has 0 bridgehead atoms. The van der Waals surface area contributed by atoms with Crippen molar-refractivity contribution in [3.63, 3.8) is 0 Å². The molecule has 29 heavy (non-hydrogen) atoms. The van der Waals surface area contributed by atoms with Crippen LogP contribution < -0.4 is 20.1 Å². The first-order valence-electron chi connectivity index (χ1n) is 9.44. The number of hydrogen-bond donors (Lipinski definition) is 2. The molecule has 2 amide bonds. The fraction of sp³-hybridized carbons (Fsp3) is 0.364. The molecule has 0 aliphatic carbocycles. The average molecular weight is 463 g/mol. The molecule has 0 aromatic heterocycles. The number of methoxy groups -OCH3 is 1. The summed E-state index contributed by atoms with van der Waals surface area (Å²) < 4.78 is 12.0. The summed E-state index contributed by atoms with van der Waals surface area (Å²) in [5.41, 5.74) is 1.37. The number of ether oxygens (including phenoxy) is 2. The Hall–Kier alpha value is -2.54. The third-order valence-corrected chi connectivity index (χ3v) is 4.63. The first-order chi connectivity index (χ1) is 13.8. The molecule has 2 N–H and O–H groups in total. The molecule has 0 saturated heterocycles. The van der Waals surface area contributed by atoms with E-state index in [-0.39, 0.29) is 24.4 Å². The van der Waals surface area contributed by atoms with Gasteiger partial charge in [-0.2, -0.15) is 0 Å². The van der Waals surface area contributed by atoms with Gasteiger partial charge >= 0.3 is 0 Å². The van der Waals surface area contributed by atoms with Gasteiger partial charge in [0.15, 0.2) is 11.5 Å². The Balaban J connectivity index is 1.92. The molecule has 0 aliphatic rings. The van der Waals surface area contributed by atoms with Crippen molar-refractivity contribution < 1.29 is 19.1 Å². The van der Waals surface area contributed by atoms with Crippen LogP contribution in [0.2, 0.25) is 0 Å². The number of carbonyl (C=O) groups excluding carboxylic acids is 2. The number of nitrogens with one attached hydrogen (secondary N) is 2. The van der Waals surface area contributed by atoms with E-state index in [0.29, 0.717) is 29.6 Å². The van der Waals surface area contributed by atoms with Crippen molar-refractivity contribution in [1.29, 1.82) is 0 Å². The van der Waals surface area contributed by atoms with E-state index in [0.717, 1.165) is 10.0 Å².